The number of amides is 2. The smallest absolute Gasteiger partial charge is 0.332 e. The molecule has 1 saturated carbocycles. The molecule has 1 aromatic rings. The van der Waals surface area contributed by atoms with E-state index in [1.54, 1.807) is 0 Å². The Morgan fingerprint density at radius 3 is 2.58 bits per heavy atom. The number of hydrogen-bond donors (Lipinski definition) is 2. The van der Waals surface area contributed by atoms with Gasteiger partial charge < -0.3 is 10.5 Å². The van der Waals surface area contributed by atoms with Crippen LogP contribution in [0.5, 0.6) is 0 Å². The van der Waals surface area contributed by atoms with Crippen molar-refractivity contribution in [2.45, 2.75) is 52.6 Å². The number of hydrogen-bond acceptors (Lipinski definition) is 4. The van der Waals surface area contributed by atoms with Gasteiger partial charge in [0.25, 0.3) is 0 Å². The summed E-state index contributed by atoms with van der Waals surface area (Å²) < 4.78 is 5.83. The molecule has 1 aliphatic rings. The zero-order valence-electron chi connectivity index (χ0n) is 15.8. The van der Waals surface area contributed by atoms with Crippen molar-refractivity contribution in [2.24, 2.45) is 28.6 Å². The maximum atomic E-state index is 12.6. The van der Waals surface area contributed by atoms with E-state index >= 15 is 0 Å². The Morgan fingerprint density at radius 2 is 1.96 bits per heavy atom. The van der Waals surface area contributed by atoms with Crippen LogP contribution in [0.2, 0.25) is 0 Å². The molecular formula is C20H29N3O3. The molecule has 0 radical (unpaired) electrons. The third-order valence-electron chi connectivity index (χ3n) is 4.96. The molecule has 6 nitrogen and oxygen atoms in total. The van der Waals surface area contributed by atoms with Gasteiger partial charge in [0.15, 0.2) is 0 Å². The van der Waals surface area contributed by atoms with Crippen LogP contribution in [-0.4, -0.2) is 23.8 Å². The largest absolute Gasteiger partial charge is 0.462 e. The molecular weight excluding hydrogens is 330 g/mol. The number of primary amides is 1. The van der Waals surface area contributed by atoms with Gasteiger partial charge in [0, 0.05) is 0 Å². The van der Waals surface area contributed by atoms with Gasteiger partial charge in [0.2, 0.25) is 0 Å². The molecule has 26 heavy (non-hydrogen) atoms. The normalized spacial score (nSPS) is 23.5. The van der Waals surface area contributed by atoms with E-state index in [2.05, 4.69) is 31.3 Å². The van der Waals surface area contributed by atoms with E-state index in [1.165, 1.54) is 6.42 Å². The van der Waals surface area contributed by atoms with Crippen molar-refractivity contribution in [3.05, 3.63) is 35.9 Å². The van der Waals surface area contributed by atoms with E-state index in [9.17, 15) is 9.59 Å². The second kappa shape index (κ2) is 9.36. The van der Waals surface area contributed by atoms with Crippen molar-refractivity contribution >= 4 is 17.7 Å². The van der Waals surface area contributed by atoms with Gasteiger partial charge in [-0.2, -0.15) is 5.10 Å². The van der Waals surface area contributed by atoms with Gasteiger partial charge in [-0.25, -0.2) is 10.2 Å². The second-order valence-corrected chi connectivity index (χ2v) is 7.43. The first-order chi connectivity index (χ1) is 12.4. The highest BCUT2D eigenvalue weighted by Crippen LogP contribution is 2.35. The topological polar surface area (TPSA) is 93.8 Å². The summed E-state index contributed by atoms with van der Waals surface area (Å²) in [5, 5.41) is 3.99. The van der Waals surface area contributed by atoms with Crippen LogP contribution in [0, 0.1) is 17.8 Å². The van der Waals surface area contributed by atoms with Crippen LogP contribution < -0.4 is 11.2 Å². The molecule has 1 fully saturated rings. The van der Waals surface area contributed by atoms with E-state index in [1.807, 2.05) is 30.3 Å². The molecule has 1 aromatic carbocycles. The van der Waals surface area contributed by atoms with Gasteiger partial charge in [-0.15, -0.1) is 0 Å². The number of urea groups is 1. The summed E-state index contributed by atoms with van der Waals surface area (Å²) in [5.74, 6) is 1.08. The number of carbonyl (C=O) groups excluding carboxylic acids is 2. The molecule has 6 heteroatoms. The van der Waals surface area contributed by atoms with E-state index in [0.29, 0.717) is 23.5 Å². The summed E-state index contributed by atoms with van der Waals surface area (Å²) in [5.41, 5.74) is 8.47. The van der Waals surface area contributed by atoms with Crippen LogP contribution >= 0.6 is 0 Å². The van der Waals surface area contributed by atoms with Gasteiger partial charge in [-0.1, -0.05) is 57.5 Å². The van der Waals surface area contributed by atoms with Crippen LogP contribution in [0.1, 0.15) is 52.0 Å². The van der Waals surface area contributed by atoms with Gasteiger partial charge in [-0.3, -0.25) is 4.79 Å². The Morgan fingerprint density at radius 1 is 1.27 bits per heavy atom. The average molecular weight is 359 g/mol. The molecule has 0 spiro atoms. The van der Waals surface area contributed by atoms with Crippen molar-refractivity contribution < 1.29 is 14.3 Å². The molecule has 142 valence electrons. The minimum Gasteiger partial charge on any atom is -0.462 e. The monoisotopic (exact) mass is 359 g/mol. The lowest BCUT2D eigenvalue weighted by Gasteiger charge is -2.36. The minimum absolute atomic E-state index is 0.0139. The number of esters is 1. The fourth-order valence-corrected chi connectivity index (χ4v) is 3.56. The molecule has 2 amide bonds. The molecule has 0 bridgehead atoms. The number of carbonyl (C=O) groups is 2. The lowest BCUT2D eigenvalue weighted by Crippen LogP contribution is -2.36. The number of ether oxygens (including phenoxy) is 1. The first kappa shape index (κ1) is 19.9. The third-order valence-corrected chi connectivity index (χ3v) is 4.96. The summed E-state index contributed by atoms with van der Waals surface area (Å²) in [7, 11) is 0. The SMILES string of the molecule is CC1CCC(C(C)C)C(OC(=O)C/C(=N/NC(N)=O)c2ccccc2)C1. The minimum atomic E-state index is -0.771. The molecule has 3 atom stereocenters. The van der Waals surface area contributed by atoms with Crippen molar-refractivity contribution in [3.8, 4) is 0 Å². The lowest BCUT2D eigenvalue weighted by molar-refractivity contribution is -0.154. The summed E-state index contributed by atoms with van der Waals surface area (Å²) in [6.45, 7) is 6.55. The van der Waals surface area contributed by atoms with E-state index in [0.717, 1.165) is 18.4 Å². The zero-order chi connectivity index (χ0) is 19.1. The van der Waals surface area contributed by atoms with Crippen molar-refractivity contribution in [3.63, 3.8) is 0 Å². The van der Waals surface area contributed by atoms with Gasteiger partial charge in [0.05, 0.1) is 12.1 Å². The standard InChI is InChI=1S/C20H29N3O3/c1-13(2)16-10-9-14(3)11-18(16)26-19(24)12-17(22-23-20(21)25)15-7-5-4-6-8-15/h4-8,13-14,16,18H,9-12H2,1-3H3,(H3,21,23,25)/b22-17-. The summed E-state index contributed by atoms with van der Waals surface area (Å²) in [6, 6.07) is 8.45. The lowest BCUT2D eigenvalue weighted by atomic mass is 9.75. The number of hydrazone groups is 1. The van der Waals surface area contributed by atoms with Crippen LogP contribution in [0.15, 0.2) is 35.4 Å². The predicted molar refractivity (Wildman–Crippen MR) is 102 cm³/mol. The van der Waals surface area contributed by atoms with Crippen LogP contribution in [0.3, 0.4) is 0 Å². The van der Waals surface area contributed by atoms with Crippen LogP contribution in [0.25, 0.3) is 0 Å². The Bertz CT molecular complexity index is 643. The van der Waals surface area contributed by atoms with Crippen molar-refractivity contribution in [1.29, 1.82) is 0 Å². The van der Waals surface area contributed by atoms with Crippen LogP contribution in [-0.2, 0) is 9.53 Å². The van der Waals surface area contributed by atoms with Gasteiger partial charge >= 0.3 is 12.0 Å². The maximum absolute atomic E-state index is 12.6. The Labute approximate surface area is 155 Å². The molecule has 2 rings (SSSR count). The number of rotatable bonds is 6. The first-order valence-corrected chi connectivity index (χ1v) is 9.23. The Hall–Kier alpha value is -2.37. The van der Waals surface area contributed by atoms with Crippen molar-refractivity contribution in [1.82, 2.24) is 5.43 Å². The number of benzene rings is 1. The summed E-state index contributed by atoms with van der Waals surface area (Å²) >= 11 is 0. The van der Waals surface area contributed by atoms with Crippen molar-refractivity contribution in [2.75, 3.05) is 0 Å². The zero-order valence-corrected chi connectivity index (χ0v) is 15.8. The van der Waals surface area contributed by atoms with E-state index in [-0.39, 0.29) is 18.5 Å². The van der Waals surface area contributed by atoms with Gasteiger partial charge in [-0.05, 0) is 36.2 Å². The molecule has 3 N–H and O–H groups in total. The average Bonchev–Trinajstić information content (AvgIpc) is 2.59. The summed E-state index contributed by atoms with van der Waals surface area (Å²) in [6.07, 6.45) is 3.08. The highest BCUT2D eigenvalue weighted by atomic mass is 16.5. The summed E-state index contributed by atoms with van der Waals surface area (Å²) in [4.78, 5) is 23.5. The molecule has 0 heterocycles. The fraction of sp³-hybridized carbons (Fsp3) is 0.550. The first-order valence-electron chi connectivity index (χ1n) is 9.23. The number of nitrogens with one attached hydrogen (secondary N) is 1. The highest BCUT2D eigenvalue weighted by Gasteiger charge is 2.33. The quantitative estimate of drug-likeness (QED) is 0.463. The van der Waals surface area contributed by atoms with E-state index < -0.39 is 6.03 Å². The van der Waals surface area contributed by atoms with Crippen LogP contribution in [0.4, 0.5) is 4.79 Å². The number of nitrogens with two attached hydrogens (primary N) is 1. The van der Waals surface area contributed by atoms with E-state index in [4.69, 9.17) is 10.5 Å². The molecule has 0 saturated heterocycles. The molecule has 3 unspecified atom stereocenters. The third kappa shape index (κ3) is 5.86. The number of nitrogens with zero attached hydrogens (tertiary/aromatic N) is 1. The molecule has 0 aromatic heterocycles. The second-order valence-electron chi connectivity index (χ2n) is 7.43. The maximum Gasteiger partial charge on any atom is 0.332 e. The predicted octanol–water partition coefficient (Wildman–Crippen LogP) is 3.45. The van der Waals surface area contributed by atoms with Gasteiger partial charge in [0.1, 0.15) is 6.10 Å². The fourth-order valence-electron chi connectivity index (χ4n) is 3.56. The Kier molecular flexibility index (Phi) is 7.18. The molecule has 1 aliphatic carbocycles. The highest BCUT2D eigenvalue weighted by molar-refractivity contribution is 6.09. The Balaban J connectivity index is 2.08. The molecule has 0 aliphatic heterocycles.